The van der Waals surface area contributed by atoms with Crippen LogP contribution in [0, 0.1) is 13.8 Å². The van der Waals surface area contributed by atoms with Crippen LogP contribution in [0.1, 0.15) is 39.0 Å². The van der Waals surface area contributed by atoms with Crippen LogP contribution in [0.4, 0.5) is 18.9 Å². The summed E-state index contributed by atoms with van der Waals surface area (Å²) in [5.74, 6) is -3.19. The molecule has 3 rings (SSSR count). The third kappa shape index (κ3) is 5.28. The van der Waals surface area contributed by atoms with Crippen molar-refractivity contribution in [1.29, 1.82) is 0 Å². The summed E-state index contributed by atoms with van der Waals surface area (Å²) in [4.78, 5) is 38.3. The number of halogens is 3. The molecule has 1 N–H and O–H groups in total. The number of aromatic nitrogens is 2. The topological polar surface area (TPSA) is 90.3 Å². The number of amides is 1. The predicted molar refractivity (Wildman–Crippen MR) is 112 cm³/mol. The molecule has 0 aliphatic heterocycles. The first-order valence-corrected chi connectivity index (χ1v) is 9.77. The normalized spacial score (nSPS) is 12.2. The highest BCUT2D eigenvalue weighted by Crippen LogP contribution is 2.31. The van der Waals surface area contributed by atoms with Crippen LogP contribution in [-0.2, 0) is 27.5 Å². The van der Waals surface area contributed by atoms with Crippen LogP contribution < -0.4 is 5.32 Å². The molecular formula is C23H20F3N3O4. The first kappa shape index (κ1) is 23.7. The number of ether oxygens (including phenoxy) is 1. The fraction of sp³-hybridized carbons (Fsp3) is 0.217. The van der Waals surface area contributed by atoms with Gasteiger partial charge in [0.25, 0.3) is 11.7 Å². The quantitative estimate of drug-likeness (QED) is 0.340. The van der Waals surface area contributed by atoms with Gasteiger partial charge < -0.3 is 10.1 Å². The van der Waals surface area contributed by atoms with E-state index >= 15 is 0 Å². The van der Waals surface area contributed by atoms with Crippen LogP contribution in [0.5, 0.6) is 0 Å². The molecule has 0 fully saturated rings. The van der Waals surface area contributed by atoms with Gasteiger partial charge in [-0.3, -0.25) is 14.3 Å². The molecule has 2 aromatic carbocycles. The van der Waals surface area contributed by atoms with E-state index in [-0.39, 0.29) is 16.8 Å². The van der Waals surface area contributed by atoms with Crippen molar-refractivity contribution in [2.24, 2.45) is 7.05 Å². The van der Waals surface area contributed by atoms with E-state index in [2.05, 4.69) is 10.4 Å². The van der Waals surface area contributed by atoms with E-state index in [0.717, 1.165) is 18.2 Å². The Morgan fingerprint density at radius 1 is 1.03 bits per heavy atom. The molecule has 10 heteroatoms. The number of hydrogen-bond donors (Lipinski definition) is 1. The maximum atomic E-state index is 13.0. The van der Waals surface area contributed by atoms with Crippen molar-refractivity contribution in [2.75, 3.05) is 5.32 Å². The lowest BCUT2D eigenvalue weighted by Gasteiger charge is -2.18. The number of ketones is 1. The number of nitrogens with zero attached hydrogens (tertiary/aromatic N) is 2. The number of hydrogen-bond acceptors (Lipinski definition) is 5. The number of nitrogens with one attached hydrogen (secondary N) is 1. The Labute approximate surface area is 187 Å². The van der Waals surface area contributed by atoms with E-state index in [9.17, 15) is 27.6 Å². The number of aryl methyl sites for hydroxylation is 2. The zero-order valence-corrected chi connectivity index (χ0v) is 17.9. The summed E-state index contributed by atoms with van der Waals surface area (Å²) < 4.78 is 45.7. The molecule has 0 bridgehead atoms. The minimum Gasteiger partial charge on any atom is -0.441 e. The van der Waals surface area contributed by atoms with Gasteiger partial charge in [-0.1, -0.05) is 36.4 Å². The summed E-state index contributed by atoms with van der Waals surface area (Å²) in [6.45, 7) is 3.16. The van der Waals surface area contributed by atoms with Crippen molar-refractivity contribution >= 4 is 23.3 Å². The zero-order chi connectivity index (χ0) is 24.3. The molecule has 33 heavy (non-hydrogen) atoms. The number of anilines is 1. The Morgan fingerprint density at radius 3 is 2.27 bits per heavy atom. The highest BCUT2D eigenvalue weighted by Gasteiger charge is 2.33. The summed E-state index contributed by atoms with van der Waals surface area (Å²) in [7, 11) is 1.61. The molecule has 1 unspecified atom stereocenters. The van der Waals surface area contributed by atoms with Crippen molar-refractivity contribution < 1.29 is 32.3 Å². The average molecular weight is 459 g/mol. The van der Waals surface area contributed by atoms with Gasteiger partial charge >= 0.3 is 12.1 Å². The van der Waals surface area contributed by atoms with E-state index in [4.69, 9.17) is 4.74 Å². The van der Waals surface area contributed by atoms with Crippen LogP contribution in [0.3, 0.4) is 0 Å². The van der Waals surface area contributed by atoms with Crippen molar-refractivity contribution in [3.8, 4) is 0 Å². The molecule has 0 saturated carbocycles. The van der Waals surface area contributed by atoms with Crippen LogP contribution in [-0.4, -0.2) is 27.4 Å². The fourth-order valence-corrected chi connectivity index (χ4v) is 3.25. The molecule has 0 spiro atoms. The minimum absolute atomic E-state index is 0.0626. The van der Waals surface area contributed by atoms with E-state index in [1.165, 1.54) is 22.9 Å². The third-order valence-corrected chi connectivity index (χ3v) is 4.94. The molecule has 7 nitrogen and oxygen atoms in total. The van der Waals surface area contributed by atoms with Crippen LogP contribution in [0.25, 0.3) is 0 Å². The molecule has 1 atom stereocenters. The largest absolute Gasteiger partial charge is 0.441 e. The number of alkyl halides is 3. The Morgan fingerprint density at radius 2 is 1.70 bits per heavy atom. The van der Waals surface area contributed by atoms with Gasteiger partial charge in [-0.15, -0.1) is 0 Å². The monoisotopic (exact) mass is 459 g/mol. The number of carbonyl (C=O) groups excluding carboxylic acids is 3. The number of esters is 1. The van der Waals surface area contributed by atoms with Gasteiger partial charge in [-0.25, -0.2) is 4.79 Å². The van der Waals surface area contributed by atoms with Crippen LogP contribution >= 0.6 is 0 Å². The SMILES string of the molecule is Cc1nn(C)c(C)c1C(=O)C(=O)OC(C(=O)Nc1cccc(C(F)(F)F)c1)c1ccccc1. The van der Waals surface area contributed by atoms with Gasteiger partial charge in [-0.2, -0.15) is 18.3 Å². The fourth-order valence-electron chi connectivity index (χ4n) is 3.25. The third-order valence-electron chi connectivity index (χ3n) is 4.94. The van der Waals surface area contributed by atoms with Crippen molar-refractivity contribution in [3.05, 3.63) is 82.7 Å². The Bertz CT molecular complexity index is 1200. The first-order valence-electron chi connectivity index (χ1n) is 9.77. The molecule has 1 heterocycles. The molecule has 1 amide bonds. The van der Waals surface area contributed by atoms with E-state index in [0.29, 0.717) is 11.4 Å². The number of carbonyl (C=O) groups is 3. The van der Waals surface area contributed by atoms with Gasteiger partial charge in [0.15, 0.2) is 0 Å². The Balaban J connectivity index is 1.87. The van der Waals surface area contributed by atoms with Gasteiger partial charge in [-0.05, 0) is 32.0 Å². The first-order chi connectivity index (χ1) is 15.5. The minimum atomic E-state index is -4.60. The highest BCUT2D eigenvalue weighted by molar-refractivity contribution is 6.41. The molecule has 172 valence electrons. The Hall–Kier alpha value is -3.95. The number of Topliss-reactive ketones (excluding diaryl/α,β-unsaturated/α-hetero) is 1. The molecular weight excluding hydrogens is 439 g/mol. The average Bonchev–Trinajstić information content (AvgIpc) is 3.02. The van der Waals surface area contributed by atoms with Gasteiger partial charge in [0.05, 0.1) is 16.8 Å². The number of rotatable bonds is 6. The van der Waals surface area contributed by atoms with E-state index in [1.807, 2.05) is 0 Å². The van der Waals surface area contributed by atoms with E-state index < -0.39 is 35.5 Å². The standard InChI is InChI=1S/C23H20F3N3O4/c1-13-18(14(2)29(3)28-13)19(30)22(32)33-20(15-8-5-4-6-9-15)21(31)27-17-11-7-10-16(12-17)23(24,25)26/h4-12,20H,1-3H3,(H,27,31). The maximum absolute atomic E-state index is 13.0. The van der Waals surface area contributed by atoms with Crippen molar-refractivity contribution in [2.45, 2.75) is 26.1 Å². The van der Waals surface area contributed by atoms with Crippen molar-refractivity contribution in [1.82, 2.24) is 9.78 Å². The zero-order valence-electron chi connectivity index (χ0n) is 17.9. The summed E-state index contributed by atoms with van der Waals surface area (Å²) in [5, 5.41) is 6.41. The second-order valence-corrected chi connectivity index (χ2v) is 7.26. The Kier molecular flexibility index (Phi) is 6.66. The molecule has 0 radical (unpaired) electrons. The number of benzene rings is 2. The van der Waals surface area contributed by atoms with Crippen molar-refractivity contribution in [3.63, 3.8) is 0 Å². The molecule has 3 aromatic rings. The second-order valence-electron chi connectivity index (χ2n) is 7.26. The molecule has 0 aliphatic carbocycles. The van der Waals surface area contributed by atoms with Gasteiger partial charge in [0, 0.05) is 24.0 Å². The molecule has 0 aliphatic rings. The van der Waals surface area contributed by atoms with Gasteiger partial charge in [0.1, 0.15) is 0 Å². The van der Waals surface area contributed by atoms with Gasteiger partial charge in [0.2, 0.25) is 6.10 Å². The summed E-state index contributed by atoms with van der Waals surface area (Å²) in [6.07, 6.45) is -6.17. The lowest BCUT2D eigenvalue weighted by Crippen LogP contribution is -2.29. The maximum Gasteiger partial charge on any atom is 0.416 e. The van der Waals surface area contributed by atoms with Crippen LogP contribution in [0.15, 0.2) is 54.6 Å². The predicted octanol–water partition coefficient (Wildman–Crippen LogP) is 4.16. The molecule has 0 saturated heterocycles. The molecule has 1 aromatic heterocycles. The van der Waals surface area contributed by atoms with E-state index in [1.54, 1.807) is 39.1 Å². The lowest BCUT2D eigenvalue weighted by atomic mass is 10.1. The van der Waals surface area contributed by atoms with Crippen LogP contribution in [0.2, 0.25) is 0 Å². The summed E-state index contributed by atoms with van der Waals surface area (Å²) in [5.41, 5.74) is -0.0283. The highest BCUT2D eigenvalue weighted by atomic mass is 19.4. The smallest absolute Gasteiger partial charge is 0.416 e. The second kappa shape index (κ2) is 9.27. The summed E-state index contributed by atoms with van der Waals surface area (Å²) >= 11 is 0. The summed E-state index contributed by atoms with van der Waals surface area (Å²) in [6, 6.07) is 11.9. The lowest BCUT2D eigenvalue weighted by molar-refractivity contribution is -0.149.